The Balaban J connectivity index is 1.40. The third-order valence-electron chi connectivity index (χ3n) is 5.78. The van der Waals surface area contributed by atoms with Crippen molar-refractivity contribution in [3.63, 3.8) is 0 Å². The average molecular weight is 412 g/mol. The van der Waals surface area contributed by atoms with Gasteiger partial charge in [0.05, 0.1) is 12.2 Å². The maximum absolute atomic E-state index is 12.9. The van der Waals surface area contributed by atoms with Crippen LogP contribution in [-0.4, -0.2) is 48.0 Å². The molecule has 160 valence electrons. The van der Waals surface area contributed by atoms with Gasteiger partial charge in [-0.05, 0) is 51.8 Å². The van der Waals surface area contributed by atoms with Crippen molar-refractivity contribution in [3.05, 3.63) is 57.4 Å². The molecule has 3 aromatic heterocycles. The van der Waals surface area contributed by atoms with Crippen LogP contribution in [0.15, 0.2) is 27.4 Å². The minimum Gasteiger partial charge on any atom is -0.454 e. The molecule has 4 heterocycles. The topological polar surface area (TPSA) is 91.1 Å². The summed E-state index contributed by atoms with van der Waals surface area (Å²) in [5, 5.41) is 8.86. The van der Waals surface area contributed by atoms with E-state index in [1.54, 1.807) is 17.7 Å². The lowest BCUT2D eigenvalue weighted by Gasteiger charge is -2.31. The van der Waals surface area contributed by atoms with Crippen molar-refractivity contribution in [2.75, 3.05) is 13.1 Å². The van der Waals surface area contributed by atoms with Gasteiger partial charge in [0.15, 0.2) is 5.76 Å². The van der Waals surface area contributed by atoms with Crippen LogP contribution in [-0.2, 0) is 20.1 Å². The standard InChI is InChI=1S/C21H28N6O3/c1-5-26-19(23-24(4)21(26)29)16-8-10-25(11-9-16)20(28)18-7-6-17(30-18)13-27-15(3)12-14(2)22-27/h6-7,12,16H,5,8-11,13H2,1-4H3. The first-order valence-electron chi connectivity index (χ1n) is 10.4. The highest BCUT2D eigenvalue weighted by atomic mass is 16.4. The van der Waals surface area contributed by atoms with Crippen molar-refractivity contribution in [1.82, 2.24) is 29.0 Å². The molecule has 0 bridgehead atoms. The Hall–Kier alpha value is -3.10. The summed E-state index contributed by atoms with van der Waals surface area (Å²) in [5.74, 6) is 1.97. The molecule has 4 rings (SSSR count). The van der Waals surface area contributed by atoms with E-state index in [-0.39, 0.29) is 17.5 Å². The van der Waals surface area contributed by atoms with E-state index in [0.717, 1.165) is 30.1 Å². The van der Waals surface area contributed by atoms with E-state index in [0.29, 0.717) is 37.7 Å². The van der Waals surface area contributed by atoms with Crippen molar-refractivity contribution in [1.29, 1.82) is 0 Å². The van der Waals surface area contributed by atoms with Crippen LogP contribution in [0, 0.1) is 13.8 Å². The molecule has 9 nitrogen and oxygen atoms in total. The Bertz CT molecular complexity index is 1110. The molecule has 1 amide bonds. The molecule has 1 saturated heterocycles. The Morgan fingerprint density at radius 2 is 1.93 bits per heavy atom. The normalized spacial score (nSPS) is 15.1. The predicted octanol–water partition coefficient (Wildman–Crippen LogP) is 2.08. The van der Waals surface area contributed by atoms with Crippen molar-refractivity contribution in [2.24, 2.45) is 7.05 Å². The second-order valence-electron chi connectivity index (χ2n) is 7.93. The molecular weight excluding hydrogens is 384 g/mol. The summed E-state index contributed by atoms with van der Waals surface area (Å²) in [4.78, 5) is 26.9. The van der Waals surface area contributed by atoms with Gasteiger partial charge in [-0.2, -0.15) is 10.2 Å². The summed E-state index contributed by atoms with van der Waals surface area (Å²) >= 11 is 0. The zero-order valence-electron chi connectivity index (χ0n) is 18.0. The number of amides is 1. The number of rotatable bonds is 5. The second-order valence-corrected chi connectivity index (χ2v) is 7.93. The van der Waals surface area contributed by atoms with Gasteiger partial charge < -0.3 is 9.32 Å². The van der Waals surface area contributed by atoms with Crippen LogP contribution in [0.5, 0.6) is 0 Å². The zero-order valence-corrected chi connectivity index (χ0v) is 18.0. The fraction of sp³-hybridized carbons (Fsp3) is 0.524. The monoisotopic (exact) mass is 412 g/mol. The summed E-state index contributed by atoms with van der Waals surface area (Å²) in [6, 6.07) is 5.59. The highest BCUT2D eigenvalue weighted by Crippen LogP contribution is 2.27. The Kier molecular flexibility index (Phi) is 5.36. The first-order chi connectivity index (χ1) is 14.4. The SMILES string of the molecule is CCn1c(C2CCN(C(=O)c3ccc(Cn4nc(C)cc4C)o3)CC2)nn(C)c1=O. The molecule has 3 aromatic rings. The lowest BCUT2D eigenvalue weighted by molar-refractivity contribution is 0.0675. The zero-order chi connectivity index (χ0) is 21.4. The molecule has 0 saturated carbocycles. The lowest BCUT2D eigenvalue weighted by Crippen LogP contribution is -2.38. The van der Waals surface area contributed by atoms with Gasteiger partial charge in [-0.25, -0.2) is 9.48 Å². The molecular formula is C21H28N6O3. The molecule has 0 radical (unpaired) electrons. The number of furan rings is 1. The van der Waals surface area contributed by atoms with E-state index in [4.69, 9.17) is 4.42 Å². The molecule has 1 fully saturated rings. The highest BCUT2D eigenvalue weighted by molar-refractivity contribution is 5.91. The van der Waals surface area contributed by atoms with Gasteiger partial charge in [0.2, 0.25) is 0 Å². The molecule has 9 heteroatoms. The number of nitrogens with zero attached hydrogens (tertiary/aromatic N) is 6. The van der Waals surface area contributed by atoms with Crippen LogP contribution in [0.25, 0.3) is 0 Å². The summed E-state index contributed by atoms with van der Waals surface area (Å²) in [6.45, 7) is 8.24. The molecule has 0 aliphatic carbocycles. The van der Waals surface area contributed by atoms with E-state index in [1.165, 1.54) is 4.68 Å². The third-order valence-corrected chi connectivity index (χ3v) is 5.78. The fourth-order valence-corrected chi connectivity index (χ4v) is 4.18. The summed E-state index contributed by atoms with van der Waals surface area (Å²) < 4.78 is 10.8. The van der Waals surface area contributed by atoms with Gasteiger partial charge in [0.25, 0.3) is 5.91 Å². The summed E-state index contributed by atoms with van der Waals surface area (Å²) in [5.41, 5.74) is 1.93. The van der Waals surface area contributed by atoms with Crippen LogP contribution < -0.4 is 5.69 Å². The van der Waals surface area contributed by atoms with Crippen LogP contribution in [0.3, 0.4) is 0 Å². The molecule has 30 heavy (non-hydrogen) atoms. The van der Waals surface area contributed by atoms with Gasteiger partial charge in [-0.15, -0.1) is 0 Å². The molecule has 0 spiro atoms. The van der Waals surface area contributed by atoms with Gasteiger partial charge in [-0.1, -0.05) is 0 Å². The van der Waals surface area contributed by atoms with E-state index in [2.05, 4.69) is 10.2 Å². The quantitative estimate of drug-likeness (QED) is 0.640. The molecule has 0 aromatic carbocycles. The second kappa shape index (κ2) is 7.97. The van der Waals surface area contributed by atoms with Crippen molar-refractivity contribution < 1.29 is 9.21 Å². The fourth-order valence-electron chi connectivity index (χ4n) is 4.18. The van der Waals surface area contributed by atoms with Gasteiger partial charge in [0, 0.05) is 38.3 Å². The Morgan fingerprint density at radius 1 is 1.20 bits per heavy atom. The van der Waals surface area contributed by atoms with Crippen LogP contribution in [0.1, 0.15) is 59.2 Å². The Labute approximate surface area is 174 Å². The van der Waals surface area contributed by atoms with Crippen molar-refractivity contribution in [2.45, 2.75) is 52.6 Å². The van der Waals surface area contributed by atoms with Gasteiger partial charge in [-0.3, -0.25) is 14.0 Å². The number of likely N-dealkylation sites (tertiary alicyclic amines) is 1. The number of aromatic nitrogens is 5. The number of piperidine rings is 1. The molecule has 0 N–H and O–H groups in total. The average Bonchev–Trinajstić information content (AvgIpc) is 3.40. The number of carbonyl (C=O) groups is 1. The largest absolute Gasteiger partial charge is 0.454 e. The number of carbonyl (C=O) groups excluding carboxylic acids is 1. The maximum Gasteiger partial charge on any atom is 0.345 e. The summed E-state index contributed by atoms with van der Waals surface area (Å²) in [6.07, 6.45) is 1.56. The molecule has 1 aliphatic rings. The van der Waals surface area contributed by atoms with Crippen molar-refractivity contribution >= 4 is 5.91 Å². The minimum atomic E-state index is -0.0954. The van der Waals surface area contributed by atoms with E-state index in [9.17, 15) is 9.59 Å². The van der Waals surface area contributed by atoms with Crippen LogP contribution in [0.2, 0.25) is 0 Å². The van der Waals surface area contributed by atoms with Gasteiger partial charge >= 0.3 is 5.69 Å². The number of hydrogen-bond acceptors (Lipinski definition) is 5. The van der Waals surface area contributed by atoms with E-state index < -0.39 is 0 Å². The smallest absolute Gasteiger partial charge is 0.345 e. The molecule has 0 atom stereocenters. The van der Waals surface area contributed by atoms with Crippen LogP contribution >= 0.6 is 0 Å². The highest BCUT2D eigenvalue weighted by Gasteiger charge is 2.29. The number of aryl methyl sites for hydroxylation is 3. The first-order valence-corrected chi connectivity index (χ1v) is 10.4. The van der Waals surface area contributed by atoms with E-state index >= 15 is 0 Å². The van der Waals surface area contributed by atoms with Gasteiger partial charge in [0.1, 0.15) is 11.6 Å². The minimum absolute atomic E-state index is 0.0864. The summed E-state index contributed by atoms with van der Waals surface area (Å²) in [7, 11) is 1.68. The molecule has 1 aliphatic heterocycles. The predicted molar refractivity (Wildman–Crippen MR) is 111 cm³/mol. The maximum atomic E-state index is 12.9. The number of hydrogen-bond donors (Lipinski definition) is 0. The lowest BCUT2D eigenvalue weighted by atomic mass is 9.95. The third kappa shape index (κ3) is 3.71. The first kappa shape index (κ1) is 20.2. The van der Waals surface area contributed by atoms with E-state index in [1.807, 2.05) is 42.5 Å². The molecule has 0 unspecified atom stereocenters. The van der Waals surface area contributed by atoms with Crippen molar-refractivity contribution in [3.8, 4) is 0 Å². The van der Waals surface area contributed by atoms with Crippen LogP contribution in [0.4, 0.5) is 0 Å². The Morgan fingerprint density at radius 3 is 2.57 bits per heavy atom.